The van der Waals surface area contributed by atoms with Gasteiger partial charge >= 0.3 is 0 Å². The van der Waals surface area contributed by atoms with Gasteiger partial charge in [0, 0.05) is 25.6 Å². The van der Waals surface area contributed by atoms with Crippen LogP contribution in [-0.4, -0.2) is 17.4 Å². The third kappa shape index (κ3) is 3.91. The minimum atomic E-state index is -0.439. The molecule has 1 aromatic carbocycles. The van der Waals surface area contributed by atoms with Gasteiger partial charge in [0.2, 0.25) is 5.91 Å². The van der Waals surface area contributed by atoms with Gasteiger partial charge < -0.3 is 5.32 Å². The molecule has 1 aromatic rings. The lowest BCUT2D eigenvalue weighted by atomic mass is 10.2. The predicted molar refractivity (Wildman–Crippen MR) is 60.8 cm³/mol. The number of nitrogens with zero attached hydrogens (tertiary/aromatic N) is 1. The van der Waals surface area contributed by atoms with Crippen LogP contribution >= 0.6 is 0 Å². The summed E-state index contributed by atoms with van der Waals surface area (Å²) in [7, 11) is 0. The van der Waals surface area contributed by atoms with E-state index in [1.165, 1.54) is 19.1 Å². The van der Waals surface area contributed by atoms with E-state index >= 15 is 0 Å². The number of rotatable bonds is 4. The lowest BCUT2D eigenvalue weighted by Crippen LogP contribution is -2.19. The van der Waals surface area contributed by atoms with Crippen molar-refractivity contribution >= 4 is 17.7 Å². The molecule has 0 bridgehead atoms. The van der Waals surface area contributed by atoms with Crippen LogP contribution in [0.5, 0.6) is 0 Å². The van der Waals surface area contributed by atoms with Crippen LogP contribution in [-0.2, 0) is 4.79 Å². The molecule has 0 aliphatic carbocycles. The molecule has 5 heteroatoms. The van der Waals surface area contributed by atoms with E-state index in [9.17, 15) is 14.9 Å². The number of carbonyl (C=O) groups excluding carboxylic acids is 1. The van der Waals surface area contributed by atoms with Crippen LogP contribution in [0.2, 0.25) is 0 Å². The van der Waals surface area contributed by atoms with Crippen molar-refractivity contribution in [1.29, 1.82) is 0 Å². The van der Waals surface area contributed by atoms with Gasteiger partial charge in [-0.1, -0.05) is 24.3 Å². The molecular weight excluding hydrogens is 208 g/mol. The van der Waals surface area contributed by atoms with Crippen LogP contribution in [0.25, 0.3) is 6.08 Å². The molecule has 0 aliphatic heterocycles. The number of hydrogen-bond acceptors (Lipinski definition) is 3. The lowest BCUT2D eigenvalue weighted by molar-refractivity contribution is -0.384. The van der Waals surface area contributed by atoms with Gasteiger partial charge in [-0.25, -0.2) is 0 Å². The van der Waals surface area contributed by atoms with E-state index in [4.69, 9.17) is 0 Å². The highest BCUT2D eigenvalue weighted by Crippen LogP contribution is 2.13. The van der Waals surface area contributed by atoms with Crippen LogP contribution in [0.1, 0.15) is 12.5 Å². The maximum absolute atomic E-state index is 10.6. The van der Waals surface area contributed by atoms with Crippen molar-refractivity contribution in [3.63, 3.8) is 0 Å². The first-order valence-electron chi connectivity index (χ1n) is 4.75. The Hall–Kier alpha value is -2.17. The molecule has 84 valence electrons. The van der Waals surface area contributed by atoms with Gasteiger partial charge in [-0.2, -0.15) is 0 Å². The van der Waals surface area contributed by atoms with Crippen molar-refractivity contribution in [2.24, 2.45) is 0 Å². The van der Waals surface area contributed by atoms with Crippen LogP contribution in [0, 0.1) is 10.1 Å². The summed E-state index contributed by atoms with van der Waals surface area (Å²) in [6.07, 6.45) is 3.46. The molecule has 1 rings (SSSR count). The zero-order valence-corrected chi connectivity index (χ0v) is 8.84. The second-order valence-electron chi connectivity index (χ2n) is 3.19. The highest BCUT2D eigenvalue weighted by molar-refractivity contribution is 5.73. The van der Waals surface area contributed by atoms with E-state index in [0.717, 1.165) is 5.56 Å². The first kappa shape index (κ1) is 11.9. The van der Waals surface area contributed by atoms with Crippen LogP contribution in [0.3, 0.4) is 0 Å². The third-order valence-corrected chi connectivity index (χ3v) is 1.86. The zero-order valence-electron chi connectivity index (χ0n) is 8.84. The van der Waals surface area contributed by atoms with E-state index in [2.05, 4.69) is 5.32 Å². The quantitative estimate of drug-likeness (QED) is 0.620. The van der Waals surface area contributed by atoms with E-state index < -0.39 is 4.92 Å². The molecule has 0 radical (unpaired) electrons. The summed E-state index contributed by atoms with van der Waals surface area (Å²) < 4.78 is 0. The summed E-state index contributed by atoms with van der Waals surface area (Å²) in [4.78, 5) is 20.6. The normalized spacial score (nSPS) is 10.3. The minimum absolute atomic E-state index is 0.0571. The van der Waals surface area contributed by atoms with Gasteiger partial charge in [-0.15, -0.1) is 0 Å². The molecule has 0 fully saturated rings. The molecule has 0 unspecified atom stereocenters. The number of non-ortho nitro benzene ring substituents is 1. The van der Waals surface area contributed by atoms with Gasteiger partial charge in [0.05, 0.1) is 4.92 Å². The van der Waals surface area contributed by atoms with Crippen LogP contribution in [0.4, 0.5) is 5.69 Å². The topological polar surface area (TPSA) is 72.2 Å². The Bertz CT molecular complexity index is 427. The smallest absolute Gasteiger partial charge is 0.270 e. The van der Waals surface area contributed by atoms with E-state index in [0.29, 0.717) is 6.54 Å². The average Bonchev–Trinajstić information content (AvgIpc) is 2.24. The standard InChI is InChI=1S/C11H12N2O3/c1-9(14)12-7-3-5-10-4-2-6-11(8-10)13(15)16/h2-6,8H,7H2,1H3,(H,12,14). The van der Waals surface area contributed by atoms with Crippen molar-refractivity contribution in [2.45, 2.75) is 6.92 Å². The van der Waals surface area contributed by atoms with Gasteiger partial charge in [0.15, 0.2) is 0 Å². The summed E-state index contributed by atoms with van der Waals surface area (Å²) in [5.41, 5.74) is 0.793. The zero-order chi connectivity index (χ0) is 12.0. The monoisotopic (exact) mass is 220 g/mol. The molecule has 16 heavy (non-hydrogen) atoms. The molecule has 0 spiro atoms. The number of nitro benzene ring substituents is 1. The number of benzene rings is 1. The lowest BCUT2D eigenvalue weighted by Gasteiger charge is -1.96. The van der Waals surface area contributed by atoms with Gasteiger partial charge in [0.25, 0.3) is 5.69 Å². The summed E-state index contributed by atoms with van der Waals surface area (Å²) in [5, 5.41) is 13.1. The summed E-state index contributed by atoms with van der Waals surface area (Å²) in [6.45, 7) is 1.85. The van der Waals surface area contributed by atoms with Crippen LogP contribution < -0.4 is 5.32 Å². The Morgan fingerprint density at radius 2 is 2.31 bits per heavy atom. The minimum Gasteiger partial charge on any atom is -0.353 e. The maximum Gasteiger partial charge on any atom is 0.270 e. The number of hydrogen-bond donors (Lipinski definition) is 1. The molecule has 0 saturated heterocycles. The van der Waals surface area contributed by atoms with Gasteiger partial charge in [0.1, 0.15) is 0 Å². The summed E-state index contributed by atoms with van der Waals surface area (Å²) in [5.74, 6) is -0.108. The van der Waals surface area contributed by atoms with Crippen LogP contribution in [0.15, 0.2) is 30.3 Å². The molecular formula is C11H12N2O3. The van der Waals surface area contributed by atoms with Crippen molar-refractivity contribution in [2.75, 3.05) is 6.54 Å². The molecule has 1 N–H and O–H groups in total. The summed E-state index contributed by atoms with van der Waals surface area (Å²) in [6, 6.07) is 6.29. The third-order valence-electron chi connectivity index (χ3n) is 1.86. The first-order chi connectivity index (χ1) is 7.59. The number of nitro groups is 1. The Kier molecular flexibility index (Phi) is 4.20. The largest absolute Gasteiger partial charge is 0.353 e. The van der Waals surface area contributed by atoms with Gasteiger partial charge in [-0.3, -0.25) is 14.9 Å². The Morgan fingerprint density at radius 3 is 2.94 bits per heavy atom. The van der Waals surface area contributed by atoms with E-state index in [-0.39, 0.29) is 11.6 Å². The first-order valence-corrected chi connectivity index (χ1v) is 4.75. The number of amides is 1. The van der Waals surface area contributed by atoms with Crippen molar-refractivity contribution in [3.8, 4) is 0 Å². The Labute approximate surface area is 92.9 Å². The Morgan fingerprint density at radius 1 is 1.56 bits per heavy atom. The highest BCUT2D eigenvalue weighted by atomic mass is 16.6. The molecule has 0 aliphatic rings. The van der Waals surface area contributed by atoms with Crippen molar-refractivity contribution in [3.05, 3.63) is 46.0 Å². The molecule has 0 saturated carbocycles. The molecule has 1 amide bonds. The molecule has 0 heterocycles. The summed E-state index contributed by atoms with van der Waals surface area (Å²) >= 11 is 0. The molecule has 0 atom stereocenters. The average molecular weight is 220 g/mol. The van der Waals surface area contributed by atoms with E-state index in [1.807, 2.05) is 0 Å². The highest BCUT2D eigenvalue weighted by Gasteiger charge is 2.03. The molecule has 0 aromatic heterocycles. The van der Waals surface area contributed by atoms with Crippen molar-refractivity contribution in [1.82, 2.24) is 5.32 Å². The van der Waals surface area contributed by atoms with Crippen molar-refractivity contribution < 1.29 is 9.72 Å². The molecule has 5 nitrogen and oxygen atoms in total. The van der Waals surface area contributed by atoms with Gasteiger partial charge in [-0.05, 0) is 5.56 Å². The fourth-order valence-corrected chi connectivity index (χ4v) is 1.14. The van der Waals surface area contributed by atoms with E-state index in [1.54, 1.807) is 24.3 Å². The predicted octanol–water partition coefficient (Wildman–Crippen LogP) is 1.74. The number of nitrogens with one attached hydrogen (secondary N) is 1. The Balaban J connectivity index is 2.63. The maximum atomic E-state index is 10.6. The second kappa shape index (κ2) is 5.65. The number of carbonyl (C=O) groups is 1. The fourth-order valence-electron chi connectivity index (χ4n) is 1.14. The fraction of sp³-hybridized carbons (Fsp3) is 0.182. The SMILES string of the molecule is CC(=O)NCC=Cc1cccc([N+](=O)[O-])c1. The second-order valence-corrected chi connectivity index (χ2v) is 3.19.